The molecule has 1 heterocycles. The van der Waals surface area contributed by atoms with E-state index in [2.05, 4.69) is 43.7 Å². The summed E-state index contributed by atoms with van der Waals surface area (Å²) in [7, 11) is 0. The molecule has 2 nitrogen and oxygen atoms in total. The lowest BCUT2D eigenvalue weighted by molar-refractivity contribution is 0.477. The maximum absolute atomic E-state index is 4.32. The highest BCUT2D eigenvalue weighted by molar-refractivity contribution is 5.08. The Morgan fingerprint density at radius 3 is 2.50 bits per heavy atom. The van der Waals surface area contributed by atoms with Gasteiger partial charge in [-0.1, -0.05) is 20.8 Å². The van der Waals surface area contributed by atoms with Crippen molar-refractivity contribution < 1.29 is 0 Å². The van der Waals surface area contributed by atoms with Crippen LogP contribution in [-0.2, 0) is 0 Å². The monoisotopic (exact) mass is 166 g/mol. The zero-order valence-electron chi connectivity index (χ0n) is 8.41. The number of hydrogen-bond acceptors (Lipinski definition) is 1. The number of hydrogen-bond donors (Lipinski definition) is 0. The molecule has 1 aromatic rings. The second kappa shape index (κ2) is 3.74. The summed E-state index contributed by atoms with van der Waals surface area (Å²) in [6, 6.07) is 0.525. The lowest BCUT2D eigenvalue weighted by Crippen LogP contribution is -2.03. The van der Waals surface area contributed by atoms with E-state index in [-0.39, 0.29) is 0 Å². The first-order valence-corrected chi connectivity index (χ1v) is 4.69. The van der Waals surface area contributed by atoms with E-state index in [4.69, 9.17) is 0 Å². The quantitative estimate of drug-likeness (QED) is 0.675. The maximum atomic E-state index is 4.32. The largest absolute Gasteiger partial charge is 0.270 e. The van der Waals surface area contributed by atoms with E-state index in [0.29, 0.717) is 12.0 Å². The van der Waals surface area contributed by atoms with Crippen molar-refractivity contribution in [2.24, 2.45) is 0 Å². The van der Waals surface area contributed by atoms with Crippen LogP contribution in [0.4, 0.5) is 0 Å². The fraction of sp³-hybridized carbons (Fsp3) is 0.700. The molecule has 0 aromatic carbocycles. The Morgan fingerprint density at radius 2 is 2.08 bits per heavy atom. The van der Waals surface area contributed by atoms with Gasteiger partial charge in [-0.3, -0.25) is 4.68 Å². The van der Waals surface area contributed by atoms with Crippen molar-refractivity contribution in [3.8, 4) is 0 Å². The molecule has 0 amide bonds. The van der Waals surface area contributed by atoms with Gasteiger partial charge in [-0.05, 0) is 24.8 Å². The Hall–Kier alpha value is -0.790. The van der Waals surface area contributed by atoms with Gasteiger partial charge >= 0.3 is 0 Å². The van der Waals surface area contributed by atoms with Gasteiger partial charge in [0, 0.05) is 12.2 Å². The smallest absolute Gasteiger partial charge is 0.0524 e. The van der Waals surface area contributed by atoms with Crippen molar-refractivity contribution in [3.05, 3.63) is 18.0 Å². The van der Waals surface area contributed by atoms with Gasteiger partial charge in [0.15, 0.2) is 0 Å². The second-order valence-corrected chi connectivity index (χ2v) is 3.67. The summed E-state index contributed by atoms with van der Waals surface area (Å²) in [5.74, 6) is 0.586. The van der Waals surface area contributed by atoms with E-state index in [0.717, 1.165) is 6.42 Å². The van der Waals surface area contributed by atoms with Crippen LogP contribution in [0.15, 0.2) is 12.4 Å². The highest BCUT2D eigenvalue weighted by Gasteiger charge is 2.05. The molecule has 12 heavy (non-hydrogen) atoms. The topological polar surface area (TPSA) is 17.8 Å². The normalized spacial score (nSPS) is 13.8. The summed E-state index contributed by atoms with van der Waals surface area (Å²) in [6.07, 6.45) is 5.26. The summed E-state index contributed by atoms with van der Waals surface area (Å²) >= 11 is 0. The fourth-order valence-corrected chi connectivity index (χ4v) is 1.08. The van der Waals surface area contributed by atoms with Crippen molar-refractivity contribution >= 4 is 0 Å². The predicted molar refractivity (Wildman–Crippen MR) is 51.3 cm³/mol. The molecule has 0 spiro atoms. The molecule has 0 aliphatic heterocycles. The molecule has 1 aromatic heterocycles. The van der Waals surface area contributed by atoms with Crippen LogP contribution in [0.25, 0.3) is 0 Å². The molecule has 1 atom stereocenters. The molecule has 0 aliphatic rings. The molecular formula is C10H18N2. The Balaban J connectivity index is 2.77. The van der Waals surface area contributed by atoms with Crippen LogP contribution >= 0.6 is 0 Å². The van der Waals surface area contributed by atoms with Gasteiger partial charge in [-0.2, -0.15) is 5.10 Å². The van der Waals surface area contributed by atoms with Gasteiger partial charge in [0.2, 0.25) is 0 Å². The molecule has 2 heteroatoms. The number of rotatable bonds is 3. The average molecular weight is 166 g/mol. The van der Waals surface area contributed by atoms with Gasteiger partial charge < -0.3 is 0 Å². The van der Waals surface area contributed by atoms with Gasteiger partial charge in [0.1, 0.15) is 0 Å². The van der Waals surface area contributed by atoms with Crippen molar-refractivity contribution in [3.63, 3.8) is 0 Å². The Kier molecular flexibility index (Phi) is 2.90. The first-order chi connectivity index (χ1) is 5.65. The molecule has 68 valence electrons. The molecule has 1 unspecified atom stereocenters. The number of aromatic nitrogens is 2. The first kappa shape index (κ1) is 9.30. The van der Waals surface area contributed by atoms with E-state index in [1.807, 2.05) is 6.20 Å². The van der Waals surface area contributed by atoms with Crippen LogP contribution < -0.4 is 0 Å². The lowest BCUT2D eigenvalue weighted by atomic mass is 10.1. The highest BCUT2D eigenvalue weighted by atomic mass is 15.3. The van der Waals surface area contributed by atoms with Crippen LogP contribution in [0.2, 0.25) is 0 Å². The van der Waals surface area contributed by atoms with Gasteiger partial charge in [0.05, 0.1) is 6.20 Å². The molecule has 0 bridgehead atoms. The molecule has 0 N–H and O–H groups in total. The summed E-state index contributed by atoms with van der Waals surface area (Å²) in [5.41, 5.74) is 1.33. The SMILES string of the molecule is CCC(C)n1cc(C(C)C)cn1. The molecule has 0 aliphatic carbocycles. The van der Waals surface area contributed by atoms with Crippen molar-refractivity contribution in [1.29, 1.82) is 0 Å². The van der Waals surface area contributed by atoms with Crippen LogP contribution in [0.5, 0.6) is 0 Å². The van der Waals surface area contributed by atoms with E-state index in [1.165, 1.54) is 5.56 Å². The van der Waals surface area contributed by atoms with Crippen molar-refractivity contribution in [2.45, 2.75) is 46.1 Å². The summed E-state index contributed by atoms with van der Waals surface area (Å²) in [4.78, 5) is 0. The summed E-state index contributed by atoms with van der Waals surface area (Å²) < 4.78 is 2.05. The van der Waals surface area contributed by atoms with Gasteiger partial charge in [-0.25, -0.2) is 0 Å². The summed E-state index contributed by atoms with van der Waals surface area (Å²) in [5, 5.41) is 4.32. The summed E-state index contributed by atoms with van der Waals surface area (Å²) in [6.45, 7) is 8.76. The Morgan fingerprint density at radius 1 is 1.42 bits per heavy atom. The van der Waals surface area contributed by atoms with Gasteiger partial charge in [0.25, 0.3) is 0 Å². The Bertz CT molecular complexity index is 238. The predicted octanol–water partition coefficient (Wildman–Crippen LogP) is 2.98. The molecular weight excluding hydrogens is 148 g/mol. The van der Waals surface area contributed by atoms with Crippen LogP contribution in [0, 0.1) is 0 Å². The Labute approximate surface area is 74.6 Å². The molecule has 0 saturated carbocycles. The van der Waals surface area contributed by atoms with E-state index >= 15 is 0 Å². The zero-order chi connectivity index (χ0) is 9.14. The second-order valence-electron chi connectivity index (χ2n) is 3.67. The minimum Gasteiger partial charge on any atom is -0.270 e. The minimum atomic E-state index is 0.525. The molecule has 0 radical (unpaired) electrons. The molecule has 0 fully saturated rings. The van der Waals surface area contributed by atoms with E-state index < -0.39 is 0 Å². The minimum absolute atomic E-state index is 0.525. The average Bonchev–Trinajstić information content (AvgIpc) is 2.51. The first-order valence-electron chi connectivity index (χ1n) is 4.69. The fourth-order valence-electron chi connectivity index (χ4n) is 1.08. The van der Waals surface area contributed by atoms with Gasteiger partial charge in [-0.15, -0.1) is 0 Å². The zero-order valence-corrected chi connectivity index (χ0v) is 8.41. The van der Waals surface area contributed by atoms with Crippen LogP contribution in [0.3, 0.4) is 0 Å². The van der Waals surface area contributed by atoms with Crippen molar-refractivity contribution in [2.75, 3.05) is 0 Å². The third kappa shape index (κ3) is 1.87. The molecule has 0 saturated heterocycles. The third-order valence-electron chi connectivity index (χ3n) is 2.33. The lowest BCUT2D eigenvalue weighted by Gasteiger charge is -2.08. The van der Waals surface area contributed by atoms with E-state index in [9.17, 15) is 0 Å². The maximum Gasteiger partial charge on any atom is 0.0524 e. The third-order valence-corrected chi connectivity index (χ3v) is 2.33. The highest BCUT2D eigenvalue weighted by Crippen LogP contribution is 2.16. The van der Waals surface area contributed by atoms with Crippen LogP contribution in [0.1, 0.15) is 51.6 Å². The van der Waals surface area contributed by atoms with Crippen molar-refractivity contribution in [1.82, 2.24) is 9.78 Å². The molecule has 1 rings (SSSR count). The van der Waals surface area contributed by atoms with Crippen LogP contribution in [-0.4, -0.2) is 9.78 Å². The van der Waals surface area contributed by atoms with E-state index in [1.54, 1.807) is 0 Å². The number of nitrogens with zero attached hydrogens (tertiary/aromatic N) is 2. The standard InChI is InChI=1S/C10H18N2/c1-5-9(4)12-7-10(6-11-12)8(2)3/h6-9H,5H2,1-4H3.